The first-order valence-electron chi connectivity index (χ1n) is 7.65. The topological polar surface area (TPSA) is 54.8 Å². The normalized spacial score (nSPS) is 18.5. The quantitative estimate of drug-likeness (QED) is 0.827. The first kappa shape index (κ1) is 14.3. The number of rotatable bonds is 6. The molecule has 5 heteroatoms. The molecule has 1 saturated heterocycles. The summed E-state index contributed by atoms with van der Waals surface area (Å²) in [5, 5.41) is 15.7. The van der Waals surface area contributed by atoms with Crippen LogP contribution in [0, 0.1) is 0 Å². The van der Waals surface area contributed by atoms with Crippen LogP contribution in [-0.4, -0.2) is 34.4 Å². The van der Waals surface area contributed by atoms with Gasteiger partial charge in [-0.2, -0.15) is 0 Å². The van der Waals surface area contributed by atoms with Crippen molar-refractivity contribution < 1.29 is 0 Å². The molecule has 19 heavy (non-hydrogen) atoms. The number of nitrogens with zero attached hydrogens (tertiary/aromatic N) is 3. The van der Waals surface area contributed by atoms with Crippen LogP contribution in [0.3, 0.4) is 0 Å². The van der Waals surface area contributed by atoms with Crippen molar-refractivity contribution in [2.75, 3.05) is 25.0 Å². The monoisotopic (exact) mass is 265 g/mol. The molecule has 1 aliphatic rings. The van der Waals surface area contributed by atoms with Gasteiger partial charge in [0.25, 0.3) is 0 Å². The Labute approximate surface area is 116 Å². The zero-order valence-corrected chi connectivity index (χ0v) is 12.5. The van der Waals surface area contributed by atoms with Crippen LogP contribution in [-0.2, 0) is 12.0 Å². The van der Waals surface area contributed by atoms with Gasteiger partial charge in [0.1, 0.15) is 5.82 Å². The van der Waals surface area contributed by atoms with Crippen molar-refractivity contribution in [1.29, 1.82) is 0 Å². The maximum absolute atomic E-state index is 4.54. The van der Waals surface area contributed by atoms with E-state index in [0.29, 0.717) is 0 Å². The van der Waals surface area contributed by atoms with Crippen LogP contribution in [0.1, 0.15) is 52.3 Å². The summed E-state index contributed by atoms with van der Waals surface area (Å²) in [6, 6.07) is 0. The molecular weight excluding hydrogens is 238 g/mol. The Morgan fingerprint density at radius 2 is 1.95 bits per heavy atom. The van der Waals surface area contributed by atoms with Gasteiger partial charge in [0.15, 0.2) is 0 Å². The third kappa shape index (κ3) is 2.76. The van der Waals surface area contributed by atoms with E-state index in [4.69, 9.17) is 0 Å². The second-order valence-electron chi connectivity index (χ2n) is 5.40. The maximum Gasteiger partial charge on any atom is 0.224 e. The summed E-state index contributed by atoms with van der Waals surface area (Å²) in [4.78, 5) is 0. The third-order valence-corrected chi connectivity index (χ3v) is 4.17. The molecule has 0 radical (unpaired) electrons. The first-order chi connectivity index (χ1) is 9.27. The smallest absolute Gasteiger partial charge is 0.224 e. The molecule has 0 aliphatic carbocycles. The van der Waals surface area contributed by atoms with Crippen LogP contribution in [0.4, 0.5) is 5.95 Å². The SMILES string of the molecule is CCCC1(c2nnc(NCC)n2CC)CCNCC1. The van der Waals surface area contributed by atoms with Gasteiger partial charge in [0.05, 0.1) is 0 Å². The minimum absolute atomic E-state index is 0.219. The summed E-state index contributed by atoms with van der Waals surface area (Å²) >= 11 is 0. The summed E-state index contributed by atoms with van der Waals surface area (Å²) in [6.45, 7) is 10.5. The number of aromatic nitrogens is 3. The minimum atomic E-state index is 0.219. The highest BCUT2D eigenvalue weighted by Crippen LogP contribution is 2.37. The van der Waals surface area contributed by atoms with E-state index in [1.807, 2.05) is 0 Å². The maximum atomic E-state index is 4.54. The van der Waals surface area contributed by atoms with E-state index in [9.17, 15) is 0 Å². The molecule has 2 heterocycles. The van der Waals surface area contributed by atoms with Crippen molar-refractivity contribution in [3.05, 3.63) is 5.82 Å². The Kier molecular flexibility index (Phi) is 4.80. The van der Waals surface area contributed by atoms with Crippen molar-refractivity contribution in [1.82, 2.24) is 20.1 Å². The summed E-state index contributed by atoms with van der Waals surface area (Å²) in [5.41, 5.74) is 0.219. The van der Waals surface area contributed by atoms with Gasteiger partial charge >= 0.3 is 0 Å². The lowest BCUT2D eigenvalue weighted by Crippen LogP contribution is -2.41. The highest BCUT2D eigenvalue weighted by atomic mass is 15.4. The number of piperidine rings is 1. The highest BCUT2D eigenvalue weighted by molar-refractivity contribution is 5.28. The molecule has 2 N–H and O–H groups in total. The van der Waals surface area contributed by atoms with Gasteiger partial charge in [-0.05, 0) is 46.2 Å². The van der Waals surface area contributed by atoms with Gasteiger partial charge in [0.2, 0.25) is 5.95 Å². The lowest BCUT2D eigenvalue weighted by atomic mass is 9.74. The van der Waals surface area contributed by atoms with E-state index in [2.05, 4.69) is 46.2 Å². The Morgan fingerprint density at radius 1 is 1.21 bits per heavy atom. The van der Waals surface area contributed by atoms with Gasteiger partial charge in [-0.15, -0.1) is 10.2 Å². The molecule has 0 aromatic carbocycles. The zero-order valence-electron chi connectivity index (χ0n) is 12.5. The van der Waals surface area contributed by atoms with E-state index in [-0.39, 0.29) is 5.41 Å². The van der Waals surface area contributed by atoms with Crippen molar-refractivity contribution in [3.63, 3.8) is 0 Å². The molecule has 108 valence electrons. The average molecular weight is 265 g/mol. The fraction of sp³-hybridized carbons (Fsp3) is 0.857. The standard InChI is InChI=1S/C14H27N5/c1-4-7-14(8-10-15-11-9-14)12-17-18-13(16-5-2)19(12)6-3/h15H,4-11H2,1-3H3,(H,16,18). The first-order valence-corrected chi connectivity index (χ1v) is 7.65. The summed E-state index contributed by atoms with van der Waals surface area (Å²) in [6.07, 6.45) is 4.75. The molecule has 2 rings (SSSR count). The number of nitrogens with one attached hydrogen (secondary N) is 2. The Morgan fingerprint density at radius 3 is 2.53 bits per heavy atom. The van der Waals surface area contributed by atoms with Crippen LogP contribution in [0.15, 0.2) is 0 Å². The van der Waals surface area contributed by atoms with Crippen LogP contribution in [0.5, 0.6) is 0 Å². The molecule has 0 atom stereocenters. The van der Waals surface area contributed by atoms with Gasteiger partial charge < -0.3 is 10.6 Å². The van der Waals surface area contributed by atoms with E-state index >= 15 is 0 Å². The third-order valence-electron chi connectivity index (χ3n) is 4.17. The van der Waals surface area contributed by atoms with Crippen molar-refractivity contribution in [3.8, 4) is 0 Å². The molecular formula is C14H27N5. The molecule has 0 saturated carbocycles. The lowest BCUT2D eigenvalue weighted by molar-refractivity contribution is 0.262. The van der Waals surface area contributed by atoms with E-state index in [1.165, 1.54) is 31.5 Å². The molecule has 1 aromatic heterocycles. The van der Waals surface area contributed by atoms with Gasteiger partial charge in [-0.3, -0.25) is 4.57 Å². The van der Waals surface area contributed by atoms with E-state index in [0.717, 1.165) is 32.1 Å². The van der Waals surface area contributed by atoms with Gasteiger partial charge in [-0.25, -0.2) is 0 Å². The molecule has 5 nitrogen and oxygen atoms in total. The van der Waals surface area contributed by atoms with Crippen LogP contribution in [0.2, 0.25) is 0 Å². The fourth-order valence-electron chi connectivity index (χ4n) is 3.25. The largest absolute Gasteiger partial charge is 0.355 e. The second kappa shape index (κ2) is 6.37. The molecule has 0 spiro atoms. The lowest BCUT2D eigenvalue weighted by Gasteiger charge is -2.36. The van der Waals surface area contributed by atoms with E-state index in [1.54, 1.807) is 0 Å². The Hall–Kier alpha value is -1.10. The predicted octanol–water partition coefficient (Wildman–Crippen LogP) is 2.15. The van der Waals surface area contributed by atoms with Gasteiger partial charge in [-0.1, -0.05) is 13.3 Å². The van der Waals surface area contributed by atoms with Crippen molar-refractivity contribution in [2.24, 2.45) is 0 Å². The zero-order chi connectivity index (χ0) is 13.7. The van der Waals surface area contributed by atoms with Crippen LogP contribution >= 0.6 is 0 Å². The Bertz CT molecular complexity index is 387. The highest BCUT2D eigenvalue weighted by Gasteiger charge is 2.38. The molecule has 1 aromatic rings. The summed E-state index contributed by atoms with van der Waals surface area (Å²) in [5.74, 6) is 2.11. The Balaban J connectivity index is 2.35. The number of hydrogen-bond donors (Lipinski definition) is 2. The molecule has 0 amide bonds. The second-order valence-corrected chi connectivity index (χ2v) is 5.40. The van der Waals surface area contributed by atoms with Crippen molar-refractivity contribution >= 4 is 5.95 Å². The van der Waals surface area contributed by atoms with E-state index < -0.39 is 0 Å². The molecule has 0 bridgehead atoms. The number of hydrogen-bond acceptors (Lipinski definition) is 4. The van der Waals surface area contributed by atoms with Crippen LogP contribution in [0.25, 0.3) is 0 Å². The van der Waals surface area contributed by atoms with Gasteiger partial charge in [0, 0.05) is 18.5 Å². The predicted molar refractivity (Wildman–Crippen MR) is 78.5 cm³/mol. The minimum Gasteiger partial charge on any atom is -0.355 e. The number of anilines is 1. The average Bonchev–Trinajstić information content (AvgIpc) is 2.84. The van der Waals surface area contributed by atoms with Crippen LogP contribution < -0.4 is 10.6 Å². The summed E-state index contributed by atoms with van der Waals surface area (Å²) < 4.78 is 2.27. The molecule has 1 aliphatic heterocycles. The molecule has 1 fully saturated rings. The van der Waals surface area contributed by atoms with Crippen molar-refractivity contribution in [2.45, 2.75) is 58.4 Å². The fourth-order valence-corrected chi connectivity index (χ4v) is 3.25. The summed E-state index contributed by atoms with van der Waals surface area (Å²) in [7, 11) is 0. The molecule has 0 unspecified atom stereocenters.